The molecule has 1 nitrogen and oxygen atoms in total. The molecule has 1 saturated heterocycles. The first-order valence-electron chi connectivity index (χ1n) is 6.35. The molecule has 0 spiro atoms. The normalized spacial score (nSPS) is 20.4. The van der Waals surface area contributed by atoms with Gasteiger partial charge < -0.3 is 5.32 Å². The molecule has 0 bridgehead atoms. The van der Waals surface area contributed by atoms with Crippen LogP contribution in [0.2, 0.25) is 0 Å². The molecule has 0 aliphatic carbocycles. The lowest BCUT2D eigenvalue weighted by atomic mass is 9.91. The molecule has 0 aromatic heterocycles. The zero-order chi connectivity index (χ0) is 13.1. The number of hydrogen-bond donors (Lipinski definition) is 1. The summed E-state index contributed by atoms with van der Waals surface area (Å²) >= 11 is 0. The Kier molecular flexibility index (Phi) is 4.27. The Morgan fingerprint density at radius 3 is 2.72 bits per heavy atom. The van der Waals surface area contributed by atoms with E-state index >= 15 is 0 Å². The fourth-order valence-electron chi connectivity index (χ4n) is 2.65. The summed E-state index contributed by atoms with van der Waals surface area (Å²) in [6, 6.07) is 2.96. The number of aryl methyl sites for hydroxylation is 1. The summed E-state index contributed by atoms with van der Waals surface area (Å²) in [4.78, 5) is 0. The molecule has 1 aliphatic heterocycles. The van der Waals surface area contributed by atoms with Crippen molar-refractivity contribution in [2.75, 3.05) is 13.1 Å². The van der Waals surface area contributed by atoms with Gasteiger partial charge in [0.2, 0.25) is 0 Å². The summed E-state index contributed by atoms with van der Waals surface area (Å²) in [5.74, 6) is -0.293. The molecule has 1 aliphatic rings. The number of benzene rings is 1. The Morgan fingerprint density at radius 1 is 1.39 bits per heavy atom. The highest BCUT2D eigenvalue weighted by molar-refractivity contribution is 5.33. The summed E-state index contributed by atoms with van der Waals surface area (Å²) in [6.07, 6.45) is 0.259. The first-order valence-corrected chi connectivity index (χ1v) is 6.35. The van der Waals surface area contributed by atoms with E-state index in [0.717, 1.165) is 37.9 Å². The number of halogens is 3. The molecule has 4 heteroatoms. The van der Waals surface area contributed by atoms with Gasteiger partial charge in [-0.15, -0.1) is 0 Å². The minimum Gasteiger partial charge on any atom is -0.316 e. The number of hydrogen-bond acceptors (Lipinski definition) is 1. The van der Waals surface area contributed by atoms with Gasteiger partial charge in [-0.1, -0.05) is 6.07 Å². The van der Waals surface area contributed by atoms with E-state index in [1.165, 1.54) is 6.07 Å². The number of alkyl halides is 2. The molecular formula is C14H18F3N. The van der Waals surface area contributed by atoms with E-state index in [-0.39, 0.29) is 0 Å². The maximum absolute atomic E-state index is 13.6. The summed E-state index contributed by atoms with van der Waals surface area (Å²) in [5.41, 5.74) is 0.715. The van der Waals surface area contributed by atoms with Gasteiger partial charge in [0.1, 0.15) is 5.82 Å². The molecule has 2 rings (SSSR count). The van der Waals surface area contributed by atoms with Crippen molar-refractivity contribution in [3.63, 3.8) is 0 Å². The third kappa shape index (κ3) is 3.05. The average molecular weight is 257 g/mol. The summed E-state index contributed by atoms with van der Waals surface area (Å²) in [5, 5.41) is 3.30. The second-order valence-corrected chi connectivity index (χ2v) is 5.03. The molecular weight excluding hydrogens is 239 g/mol. The predicted octanol–water partition coefficient (Wildman–Crippen LogP) is 3.61. The Balaban J connectivity index is 2.14. The highest BCUT2D eigenvalue weighted by atomic mass is 19.3. The lowest BCUT2D eigenvalue weighted by molar-refractivity contribution is 0.145. The van der Waals surface area contributed by atoms with Crippen LogP contribution in [-0.4, -0.2) is 13.1 Å². The van der Waals surface area contributed by atoms with Crippen molar-refractivity contribution in [1.82, 2.24) is 5.32 Å². The molecule has 0 saturated carbocycles. The van der Waals surface area contributed by atoms with Crippen molar-refractivity contribution >= 4 is 0 Å². The molecule has 1 fully saturated rings. The van der Waals surface area contributed by atoms with Crippen LogP contribution in [0.25, 0.3) is 0 Å². The van der Waals surface area contributed by atoms with Crippen LogP contribution < -0.4 is 5.32 Å². The lowest BCUT2D eigenvalue weighted by Gasteiger charge is -2.23. The minimum atomic E-state index is -2.74. The van der Waals surface area contributed by atoms with Gasteiger partial charge in [0.25, 0.3) is 6.43 Å². The van der Waals surface area contributed by atoms with Crippen molar-refractivity contribution in [3.05, 3.63) is 34.6 Å². The minimum absolute atomic E-state index is 0.351. The van der Waals surface area contributed by atoms with E-state index in [0.29, 0.717) is 11.5 Å². The number of nitrogens with one attached hydrogen (secondary N) is 1. The van der Waals surface area contributed by atoms with Gasteiger partial charge in [-0.3, -0.25) is 0 Å². The topological polar surface area (TPSA) is 12.0 Å². The molecule has 1 atom stereocenters. The maximum Gasteiger partial charge on any atom is 0.266 e. The van der Waals surface area contributed by atoms with Gasteiger partial charge in [0.05, 0.1) is 5.56 Å². The van der Waals surface area contributed by atoms with Gasteiger partial charge in [0, 0.05) is 0 Å². The Morgan fingerprint density at radius 2 is 2.17 bits per heavy atom. The van der Waals surface area contributed by atoms with Crippen molar-refractivity contribution in [2.45, 2.75) is 32.6 Å². The van der Waals surface area contributed by atoms with Crippen molar-refractivity contribution in [2.24, 2.45) is 5.92 Å². The van der Waals surface area contributed by atoms with Crippen LogP contribution in [0.5, 0.6) is 0 Å². The zero-order valence-electron chi connectivity index (χ0n) is 10.5. The molecule has 0 radical (unpaired) electrons. The average Bonchev–Trinajstić information content (AvgIpc) is 2.28. The van der Waals surface area contributed by atoms with Crippen LogP contribution in [0.4, 0.5) is 13.2 Å². The fourth-order valence-corrected chi connectivity index (χ4v) is 2.65. The van der Waals surface area contributed by atoms with Crippen molar-refractivity contribution in [1.29, 1.82) is 0 Å². The molecule has 1 unspecified atom stereocenters. The number of piperidine rings is 1. The Labute approximate surface area is 105 Å². The summed E-state index contributed by atoms with van der Waals surface area (Å²) in [6.45, 7) is 3.51. The van der Waals surface area contributed by atoms with Crippen molar-refractivity contribution in [3.8, 4) is 0 Å². The van der Waals surface area contributed by atoms with Crippen LogP contribution in [-0.2, 0) is 6.42 Å². The van der Waals surface area contributed by atoms with Gasteiger partial charge in [-0.25, -0.2) is 13.2 Å². The first-order chi connectivity index (χ1) is 8.58. The standard InChI is InChI=1S/C14H18F3N/c1-9-5-11(6-10-3-2-4-18-8-10)7-12(15)13(9)14(16)17/h5,7,10,14,18H,2-4,6,8H2,1H3. The second-order valence-electron chi connectivity index (χ2n) is 5.03. The van der Waals surface area contributed by atoms with E-state index in [2.05, 4.69) is 5.32 Å². The molecule has 100 valence electrons. The molecule has 1 aromatic rings. The zero-order valence-corrected chi connectivity index (χ0v) is 10.5. The highest BCUT2D eigenvalue weighted by Gasteiger charge is 2.19. The van der Waals surface area contributed by atoms with E-state index in [1.54, 1.807) is 13.0 Å². The summed E-state index contributed by atoms with van der Waals surface area (Å²) in [7, 11) is 0. The largest absolute Gasteiger partial charge is 0.316 e. The smallest absolute Gasteiger partial charge is 0.266 e. The number of rotatable bonds is 3. The van der Waals surface area contributed by atoms with E-state index in [9.17, 15) is 13.2 Å². The summed E-state index contributed by atoms with van der Waals surface area (Å²) < 4.78 is 38.9. The molecule has 18 heavy (non-hydrogen) atoms. The van der Waals surface area contributed by atoms with Crippen LogP contribution in [0, 0.1) is 18.7 Å². The molecule has 1 heterocycles. The third-order valence-electron chi connectivity index (χ3n) is 3.54. The predicted molar refractivity (Wildman–Crippen MR) is 65.4 cm³/mol. The molecule has 1 N–H and O–H groups in total. The first kappa shape index (κ1) is 13.4. The third-order valence-corrected chi connectivity index (χ3v) is 3.54. The van der Waals surface area contributed by atoms with E-state index in [4.69, 9.17) is 0 Å². The Hall–Kier alpha value is -1.03. The van der Waals surface area contributed by atoms with Crippen molar-refractivity contribution < 1.29 is 13.2 Å². The van der Waals surface area contributed by atoms with E-state index in [1.807, 2.05) is 0 Å². The van der Waals surface area contributed by atoms with Crippen LogP contribution >= 0.6 is 0 Å². The highest BCUT2D eigenvalue weighted by Crippen LogP contribution is 2.28. The van der Waals surface area contributed by atoms with E-state index < -0.39 is 17.8 Å². The Bertz CT molecular complexity index is 388. The molecule has 0 amide bonds. The molecule has 1 aromatic carbocycles. The second kappa shape index (κ2) is 5.74. The van der Waals surface area contributed by atoms with Crippen LogP contribution in [0.1, 0.15) is 36.0 Å². The lowest BCUT2D eigenvalue weighted by Crippen LogP contribution is -2.30. The van der Waals surface area contributed by atoms with Gasteiger partial charge in [0.15, 0.2) is 0 Å². The fraction of sp³-hybridized carbons (Fsp3) is 0.571. The van der Waals surface area contributed by atoms with Crippen LogP contribution in [0.3, 0.4) is 0 Å². The van der Waals surface area contributed by atoms with Gasteiger partial charge in [-0.2, -0.15) is 0 Å². The van der Waals surface area contributed by atoms with Crippen LogP contribution in [0.15, 0.2) is 12.1 Å². The maximum atomic E-state index is 13.6. The SMILES string of the molecule is Cc1cc(CC2CCCNC2)cc(F)c1C(F)F. The quantitative estimate of drug-likeness (QED) is 0.872. The van der Waals surface area contributed by atoms with Gasteiger partial charge in [-0.05, 0) is 62.4 Å². The monoisotopic (exact) mass is 257 g/mol. The van der Waals surface area contributed by atoms with Gasteiger partial charge >= 0.3 is 0 Å².